The second-order valence-corrected chi connectivity index (χ2v) is 7.04. The molecule has 0 aliphatic carbocycles. The second-order valence-electron chi connectivity index (χ2n) is 5.18. The fourth-order valence-electron chi connectivity index (χ4n) is 1.94. The van der Waals surface area contributed by atoms with Crippen LogP contribution in [0.1, 0.15) is 21.5 Å². The highest BCUT2D eigenvalue weighted by atomic mass is 35.5. The average molecular weight is 383 g/mol. The number of halogens is 2. The van der Waals surface area contributed by atoms with Crippen molar-refractivity contribution in [1.82, 2.24) is 10.9 Å². The van der Waals surface area contributed by atoms with E-state index in [0.717, 1.165) is 11.1 Å². The molecule has 2 rings (SSSR count). The van der Waals surface area contributed by atoms with E-state index in [4.69, 9.17) is 23.2 Å². The number of benzene rings is 2. The highest BCUT2D eigenvalue weighted by Gasteiger charge is 2.11. The molecule has 2 N–H and O–H groups in total. The fourth-order valence-corrected chi connectivity index (χ4v) is 3.23. The molecule has 0 saturated heterocycles. The van der Waals surface area contributed by atoms with Crippen molar-refractivity contribution in [3.05, 3.63) is 63.1 Å². The van der Waals surface area contributed by atoms with Crippen molar-refractivity contribution in [3.8, 4) is 0 Å². The molecule has 0 aliphatic heterocycles. The van der Waals surface area contributed by atoms with Crippen LogP contribution in [0.15, 0.2) is 41.3 Å². The van der Waals surface area contributed by atoms with Gasteiger partial charge in [0.2, 0.25) is 5.91 Å². The Balaban J connectivity index is 1.88. The van der Waals surface area contributed by atoms with E-state index in [-0.39, 0.29) is 17.6 Å². The summed E-state index contributed by atoms with van der Waals surface area (Å²) >= 11 is 13.2. The van der Waals surface area contributed by atoms with Crippen LogP contribution in [0, 0.1) is 13.8 Å². The molecule has 126 valence electrons. The lowest BCUT2D eigenvalue weighted by molar-refractivity contribution is -0.119. The number of rotatable bonds is 4. The molecule has 0 saturated carbocycles. The number of nitrogens with one attached hydrogen (secondary N) is 2. The summed E-state index contributed by atoms with van der Waals surface area (Å²) in [7, 11) is 0. The molecular formula is C17H16Cl2N2O2S. The quantitative estimate of drug-likeness (QED) is 0.616. The molecule has 0 atom stereocenters. The van der Waals surface area contributed by atoms with Gasteiger partial charge in [-0.05, 0) is 43.7 Å². The first kappa shape index (κ1) is 18.6. The summed E-state index contributed by atoms with van der Waals surface area (Å²) in [5, 5.41) is 1.07. The van der Waals surface area contributed by atoms with Gasteiger partial charge in [0.1, 0.15) is 0 Å². The summed E-state index contributed by atoms with van der Waals surface area (Å²) in [6, 6.07) is 10.6. The molecule has 2 aromatic carbocycles. The van der Waals surface area contributed by atoms with Crippen LogP contribution in [0.25, 0.3) is 0 Å². The van der Waals surface area contributed by atoms with E-state index < -0.39 is 0 Å². The van der Waals surface area contributed by atoms with E-state index in [1.165, 1.54) is 11.8 Å². The van der Waals surface area contributed by atoms with Gasteiger partial charge in [-0.25, -0.2) is 0 Å². The Morgan fingerprint density at radius 3 is 2.54 bits per heavy atom. The topological polar surface area (TPSA) is 58.2 Å². The standard InChI is InChI=1S/C17H16Cl2N2O2S/c1-10-3-4-11(2)13(7-10)17(23)21-20-16(22)9-24-15-8-12(18)5-6-14(15)19/h3-8H,9H2,1-2H3,(H,20,22)(H,21,23). The summed E-state index contributed by atoms with van der Waals surface area (Å²) in [4.78, 5) is 24.7. The average Bonchev–Trinajstić information content (AvgIpc) is 2.55. The lowest BCUT2D eigenvalue weighted by atomic mass is 10.1. The Labute approximate surface area is 154 Å². The van der Waals surface area contributed by atoms with Gasteiger partial charge in [0.15, 0.2) is 0 Å². The monoisotopic (exact) mass is 382 g/mol. The van der Waals surface area contributed by atoms with Crippen LogP contribution in [0.2, 0.25) is 10.0 Å². The third-order valence-electron chi connectivity index (χ3n) is 3.21. The molecule has 7 heteroatoms. The van der Waals surface area contributed by atoms with E-state index >= 15 is 0 Å². The lowest BCUT2D eigenvalue weighted by Gasteiger charge is -2.10. The van der Waals surface area contributed by atoms with Crippen LogP contribution in [0.4, 0.5) is 0 Å². The van der Waals surface area contributed by atoms with Crippen molar-refractivity contribution in [1.29, 1.82) is 0 Å². The van der Waals surface area contributed by atoms with Crippen molar-refractivity contribution in [2.75, 3.05) is 5.75 Å². The van der Waals surface area contributed by atoms with Gasteiger partial charge in [0, 0.05) is 15.5 Å². The number of hydrogen-bond acceptors (Lipinski definition) is 3. The first-order valence-electron chi connectivity index (χ1n) is 7.11. The predicted octanol–water partition coefficient (Wildman–Crippen LogP) is 4.16. The Hall–Kier alpha value is -1.69. The highest BCUT2D eigenvalue weighted by Crippen LogP contribution is 2.29. The molecule has 0 radical (unpaired) electrons. The number of aryl methyl sites for hydroxylation is 2. The van der Waals surface area contributed by atoms with Crippen LogP contribution in [-0.4, -0.2) is 17.6 Å². The zero-order valence-corrected chi connectivity index (χ0v) is 15.5. The zero-order valence-electron chi connectivity index (χ0n) is 13.2. The second kappa shape index (κ2) is 8.42. The minimum atomic E-state index is -0.352. The smallest absolute Gasteiger partial charge is 0.269 e. The zero-order chi connectivity index (χ0) is 17.7. The van der Waals surface area contributed by atoms with E-state index in [0.29, 0.717) is 20.5 Å². The lowest BCUT2D eigenvalue weighted by Crippen LogP contribution is -2.42. The first-order chi connectivity index (χ1) is 11.4. The Morgan fingerprint density at radius 1 is 1.04 bits per heavy atom. The molecule has 2 aromatic rings. The van der Waals surface area contributed by atoms with Gasteiger partial charge in [-0.2, -0.15) is 0 Å². The summed E-state index contributed by atoms with van der Waals surface area (Å²) in [5.74, 6) is -0.585. The maximum Gasteiger partial charge on any atom is 0.269 e. The number of hydrogen-bond donors (Lipinski definition) is 2. The van der Waals surface area contributed by atoms with Gasteiger partial charge in [0.05, 0.1) is 10.8 Å². The third-order valence-corrected chi connectivity index (χ3v) is 4.94. The number of carbonyl (C=O) groups is 2. The maximum absolute atomic E-state index is 12.1. The summed E-state index contributed by atoms with van der Waals surface area (Å²) < 4.78 is 0. The largest absolute Gasteiger partial charge is 0.272 e. The van der Waals surface area contributed by atoms with Gasteiger partial charge in [-0.15, -0.1) is 11.8 Å². The van der Waals surface area contributed by atoms with Crippen LogP contribution >= 0.6 is 35.0 Å². The molecule has 4 nitrogen and oxygen atoms in total. The molecule has 0 fully saturated rings. The molecule has 24 heavy (non-hydrogen) atoms. The van der Waals surface area contributed by atoms with E-state index in [1.54, 1.807) is 24.3 Å². The van der Waals surface area contributed by atoms with Gasteiger partial charge >= 0.3 is 0 Å². The highest BCUT2D eigenvalue weighted by molar-refractivity contribution is 8.00. The van der Waals surface area contributed by atoms with Crippen LogP contribution in [0.3, 0.4) is 0 Å². The molecule has 0 unspecified atom stereocenters. The van der Waals surface area contributed by atoms with Gasteiger partial charge in [-0.3, -0.25) is 20.4 Å². The van der Waals surface area contributed by atoms with Crippen molar-refractivity contribution in [3.63, 3.8) is 0 Å². The molecule has 0 spiro atoms. The van der Waals surface area contributed by atoms with Crippen molar-refractivity contribution in [2.45, 2.75) is 18.7 Å². The van der Waals surface area contributed by atoms with Crippen molar-refractivity contribution < 1.29 is 9.59 Å². The maximum atomic E-state index is 12.1. The van der Waals surface area contributed by atoms with Gasteiger partial charge < -0.3 is 0 Å². The number of carbonyl (C=O) groups excluding carboxylic acids is 2. The Morgan fingerprint density at radius 2 is 1.79 bits per heavy atom. The Bertz CT molecular complexity index is 781. The van der Waals surface area contributed by atoms with Gasteiger partial charge in [0.25, 0.3) is 5.91 Å². The summed E-state index contributed by atoms with van der Waals surface area (Å²) in [6.45, 7) is 3.74. The van der Waals surface area contributed by atoms with E-state index in [2.05, 4.69) is 10.9 Å². The Kier molecular flexibility index (Phi) is 6.54. The molecule has 2 amide bonds. The van der Waals surface area contributed by atoms with Crippen molar-refractivity contribution in [2.24, 2.45) is 0 Å². The number of amides is 2. The minimum Gasteiger partial charge on any atom is -0.272 e. The first-order valence-corrected chi connectivity index (χ1v) is 8.85. The minimum absolute atomic E-state index is 0.104. The SMILES string of the molecule is Cc1ccc(C)c(C(=O)NNC(=O)CSc2cc(Cl)ccc2Cl)c1. The molecule has 0 aromatic heterocycles. The normalized spacial score (nSPS) is 10.3. The van der Waals surface area contributed by atoms with Crippen LogP contribution in [0.5, 0.6) is 0 Å². The van der Waals surface area contributed by atoms with Gasteiger partial charge in [-0.1, -0.05) is 40.9 Å². The fraction of sp³-hybridized carbons (Fsp3) is 0.176. The molecular weight excluding hydrogens is 367 g/mol. The number of thioether (sulfide) groups is 1. The van der Waals surface area contributed by atoms with Crippen molar-refractivity contribution >= 4 is 46.8 Å². The number of hydrazine groups is 1. The molecule has 0 bridgehead atoms. The summed E-state index contributed by atoms with van der Waals surface area (Å²) in [5.41, 5.74) is 7.16. The molecule has 0 aliphatic rings. The van der Waals surface area contributed by atoms with Crippen LogP contribution < -0.4 is 10.9 Å². The summed E-state index contributed by atoms with van der Waals surface area (Å²) in [6.07, 6.45) is 0. The van der Waals surface area contributed by atoms with Crippen LogP contribution in [-0.2, 0) is 4.79 Å². The predicted molar refractivity (Wildman–Crippen MR) is 98.7 cm³/mol. The van der Waals surface area contributed by atoms with E-state index in [1.807, 2.05) is 26.0 Å². The van der Waals surface area contributed by atoms with E-state index in [9.17, 15) is 9.59 Å². The third kappa shape index (κ3) is 5.16. The molecule has 0 heterocycles.